The van der Waals surface area contributed by atoms with Crippen molar-refractivity contribution in [3.63, 3.8) is 0 Å². The van der Waals surface area contributed by atoms with Crippen LogP contribution in [0.4, 0.5) is 0 Å². The first-order valence-corrected chi connectivity index (χ1v) is 5.79. The van der Waals surface area contributed by atoms with E-state index in [1.807, 2.05) is 0 Å². The van der Waals surface area contributed by atoms with Gasteiger partial charge < -0.3 is 9.84 Å². The molecule has 15 heavy (non-hydrogen) atoms. The molecular formula is C11H19N3O. The maximum atomic E-state index is 5.25. The number of nitrogens with one attached hydrogen (secondary N) is 1. The molecule has 2 heterocycles. The second kappa shape index (κ2) is 4.75. The first-order chi connectivity index (χ1) is 7.25. The van der Waals surface area contributed by atoms with Crippen LogP contribution in [0.5, 0.6) is 0 Å². The SMILES string of the molecule is CC(C)c1noc(CC2CCNCC2)n1. The average Bonchev–Trinajstić information content (AvgIpc) is 2.68. The van der Waals surface area contributed by atoms with Crippen LogP contribution in [-0.2, 0) is 6.42 Å². The molecule has 4 heteroatoms. The average molecular weight is 209 g/mol. The number of hydrogen-bond donors (Lipinski definition) is 1. The van der Waals surface area contributed by atoms with Crippen LogP contribution in [0.15, 0.2) is 4.52 Å². The maximum Gasteiger partial charge on any atom is 0.226 e. The van der Waals surface area contributed by atoms with Crippen molar-refractivity contribution in [1.29, 1.82) is 0 Å². The van der Waals surface area contributed by atoms with Gasteiger partial charge in [0.1, 0.15) is 0 Å². The van der Waals surface area contributed by atoms with Crippen molar-refractivity contribution in [2.45, 2.75) is 39.0 Å². The topological polar surface area (TPSA) is 51.0 Å². The van der Waals surface area contributed by atoms with E-state index in [2.05, 4.69) is 29.3 Å². The van der Waals surface area contributed by atoms with Crippen LogP contribution in [0.2, 0.25) is 0 Å². The summed E-state index contributed by atoms with van der Waals surface area (Å²) < 4.78 is 5.25. The Morgan fingerprint density at radius 2 is 2.13 bits per heavy atom. The molecule has 4 nitrogen and oxygen atoms in total. The van der Waals surface area contributed by atoms with Gasteiger partial charge in [-0.3, -0.25) is 0 Å². The lowest BCUT2D eigenvalue weighted by Crippen LogP contribution is -2.28. The Kier molecular flexibility index (Phi) is 3.36. The number of rotatable bonds is 3. The fraction of sp³-hybridized carbons (Fsp3) is 0.818. The van der Waals surface area contributed by atoms with Crippen LogP contribution in [-0.4, -0.2) is 23.2 Å². The lowest BCUT2D eigenvalue weighted by Gasteiger charge is -2.20. The van der Waals surface area contributed by atoms with Crippen LogP contribution in [0.1, 0.15) is 44.3 Å². The predicted octanol–water partition coefficient (Wildman–Crippen LogP) is 1.74. The van der Waals surface area contributed by atoms with Crippen molar-refractivity contribution in [2.24, 2.45) is 5.92 Å². The van der Waals surface area contributed by atoms with E-state index in [-0.39, 0.29) is 0 Å². The summed E-state index contributed by atoms with van der Waals surface area (Å²) in [6.07, 6.45) is 3.39. The van der Waals surface area contributed by atoms with Gasteiger partial charge in [-0.25, -0.2) is 0 Å². The fourth-order valence-electron chi connectivity index (χ4n) is 1.92. The third-order valence-corrected chi connectivity index (χ3v) is 2.92. The van der Waals surface area contributed by atoms with E-state index in [1.54, 1.807) is 0 Å². The highest BCUT2D eigenvalue weighted by atomic mass is 16.5. The molecular weight excluding hydrogens is 190 g/mol. The van der Waals surface area contributed by atoms with Crippen molar-refractivity contribution < 1.29 is 4.52 Å². The second-order valence-corrected chi connectivity index (χ2v) is 4.60. The molecule has 1 fully saturated rings. The minimum absolute atomic E-state index is 0.357. The van der Waals surface area contributed by atoms with Crippen LogP contribution in [0.3, 0.4) is 0 Å². The lowest BCUT2D eigenvalue weighted by atomic mass is 9.95. The second-order valence-electron chi connectivity index (χ2n) is 4.60. The van der Waals surface area contributed by atoms with E-state index in [0.29, 0.717) is 11.8 Å². The molecule has 0 aliphatic carbocycles. The van der Waals surface area contributed by atoms with Crippen molar-refractivity contribution in [1.82, 2.24) is 15.5 Å². The molecule has 0 spiro atoms. The van der Waals surface area contributed by atoms with E-state index in [1.165, 1.54) is 12.8 Å². The van der Waals surface area contributed by atoms with Gasteiger partial charge in [0.15, 0.2) is 5.82 Å². The van der Waals surface area contributed by atoms with Crippen molar-refractivity contribution in [3.05, 3.63) is 11.7 Å². The molecule has 2 rings (SSSR count). The van der Waals surface area contributed by atoms with Gasteiger partial charge in [-0.2, -0.15) is 4.98 Å². The summed E-state index contributed by atoms with van der Waals surface area (Å²) in [6.45, 7) is 6.41. The smallest absolute Gasteiger partial charge is 0.226 e. The molecule has 1 aliphatic rings. The van der Waals surface area contributed by atoms with Gasteiger partial charge in [-0.15, -0.1) is 0 Å². The van der Waals surface area contributed by atoms with E-state index < -0.39 is 0 Å². The third kappa shape index (κ3) is 2.78. The summed E-state index contributed by atoms with van der Waals surface area (Å²) in [5.41, 5.74) is 0. The highest BCUT2D eigenvalue weighted by molar-refractivity contribution is 4.93. The number of nitrogens with zero attached hydrogens (tertiary/aromatic N) is 2. The molecule has 0 unspecified atom stereocenters. The van der Waals surface area contributed by atoms with Gasteiger partial charge in [-0.1, -0.05) is 19.0 Å². The summed E-state index contributed by atoms with van der Waals surface area (Å²) >= 11 is 0. The van der Waals surface area contributed by atoms with Gasteiger partial charge in [0.05, 0.1) is 0 Å². The first-order valence-electron chi connectivity index (χ1n) is 5.79. The standard InChI is InChI=1S/C11H19N3O/c1-8(2)11-13-10(15-14-11)7-9-3-5-12-6-4-9/h8-9,12H,3-7H2,1-2H3. The summed E-state index contributed by atoms with van der Waals surface area (Å²) in [4.78, 5) is 4.41. The summed E-state index contributed by atoms with van der Waals surface area (Å²) in [5, 5.41) is 7.34. The molecule has 0 saturated carbocycles. The van der Waals surface area contributed by atoms with E-state index >= 15 is 0 Å². The van der Waals surface area contributed by atoms with Gasteiger partial charge in [0, 0.05) is 12.3 Å². The van der Waals surface area contributed by atoms with Crippen LogP contribution < -0.4 is 5.32 Å². The molecule has 0 radical (unpaired) electrons. The Hall–Kier alpha value is -0.900. The van der Waals surface area contributed by atoms with Crippen LogP contribution >= 0.6 is 0 Å². The van der Waals surface area contributed by atoms with Crippen LogP contribution in [0.25, 0.3) is 0 Å². The molecule has 1 aromatic heterocycles. The largest absolute Gasteiger partial charge is 0.339 e. The maximum absolute atomic E-state index is 5.25. The monoisotopic (exact) mass is 209 g/mol. The van der Waals surface area contributed by atoms with Gasteiger partial charge in [-0.05, 0) is 31.8 Å². The Bertz CT molecular complexity index is 303. The zero-order valence-corrected chi connectivity index (χ0v) is 9.49. The molecule has 84 valence electrons. The first kappa shape index (κ1) is 10.6. The number of hydrogen-bond acceptors (Lipinski definition) is 4. The quantitative estimate of drug-likeness (QED) is 0.823. The summed E-state index contributed by atoms with van der Waals surface area (Å²) in [7, 11) is 0. The molecule has 1 N–H and O–H groups in total. The summed E-state index contributed by atoms with van der Waals surface area (Å²) in [5.74, 6) is 2.71. The Balaban J connectivity index is 1.91. The molecule has 0 amide bonds. The van der Waals surface area contributed by atoms with Gasteiger partial charge in [0.25, 0.3) is 0 Å². The van der Waals surface area contributed by atoms with Crippen LogP contribution in [0, 0.1) is 5.92 Å². The molecule has 0 atom stereocenters. The van der Waals surface area contributed by atoms with Gasteiger partial charge in [0.2, 0.25) is 5.89 Å². The van der Waals surface area contributed by atoms with Gasteiger partial charge >= 0.3 is 0 Å². The Morgan fingerprint density at radius 1 is 1.40 bits per heavy atom. The molecule has 1 aliphatic heterocycles. The predicted molar refractivity (Wildman–Crippen MR) is 57.7 cm³/mol. The van der Waals surface area contributed by atoms with E-state index in [9.17, 15) is 0 Å². The summed E-state index contributed by atoms with van der Waals surface area (Å²) in [6, 6.07) is 0. The Labute approximate surface area is 90.4 Å². The Morgan fingerprint density at radius 3 is 2.73 bits per heavy atom. The molecule has 0 bridgehead atoms. The van der Waals surface area contributed by atoms with Crippen molar-refractivity contribution in [2.75, 3.05) is 13.1 Å². The normalized spacial score (nSPS) is 18.6. The highest BCUT2D eigenvalue weighted by Gasteiger charge is 2.17. The fourth-order valence-corrected chi connectivity index (χ4v) is 1.92. The zero-order chi connectivity index (χ0) is 10.7. The zero-order valence-electron chi connectivity index (χ0n) is 9.49. The third-order valence-electron chi connectivity index (χ3n) is 2.92. The molecule has 0 aromatic carbocycles. The van der Waals surface area contributed by atoms with Crippen molar-refractivity contribution in [3.8, 4) is 0 Å². The number of aromatic nitrogens is 2. The van der Waals surface area contributed by atoms with Crippen molar-refractivity contribution >= 4 is 0 Å². The highest BCUT2D eigenvalue weighted by Crippen LogP contribution is 2.18. The minimum Gasteiger partial charge on any atom is -0.339 e. The molecule has 1 aromatic rings. The number of piperidine rings is 1. The lowest BCUT2D eigenvalue weighted by molar-refractivity contribution is 0.311. The van der Waals surface area contributed by atoms with E-state index in [4.69, 9.17) is 4.52 Å². The minimum atomic E-state index is 0.357. The van der Waals surface area contributed by atoms with E-state index in [0.717, 1.165) is 31.2 Å². The molecule has 1 saturated heterocycles.